The molecular formula is C17H20N2O. The van der Waals surface area contributed by atoms with Crippen molar-refractivity contribution in [3.63, 3.8) is 0 Å². The number of anilines is 1. The lowest BCUT2D eigenvalue weighted by Gasteiger charge is -2.18. The van der Waals surface area contributed by atoms with E-state index in [9.17, 15) is 4.79 Å². The van der Waals surface area contributed by atoms with Gasteiger partial charge in [0.25, 0.3) is 0 Å². The van der Waals surface area contributed by atoms with Crippen LogP contribution in [0.25, 0.3) is 0 Å². The molecule has 0 aliphatic heterocycles. The van der Waals surface area contributed by atoms with Crippen molar-refractivity contribution in [1.82, 2.24) is 5.32 Å². The molecule has 0 aromatic heterocycles. The third-order valence-corrected chi connectivity index (χ3v) is 3.22. The minimum Gasteiger partial charge on any atom is -0.331 e. The zero-order valence-corrected chi connectivity index (χ0v) is 11.9. The van der Waals surface area contributed by atoms with E-state index in [1.807, 2.05) is 30.3 Å². The summed E-state index contributed by atoms with van der Waals surface area (Å²) in [5.74, 6) is 0. The number of urea groups is 1. The molecule has 2 N–H and O–H groups in total. The first-order valence-corrected chi connectivity index (χ1v) is 6.88. The highest BCUT2D eigenvalue weighted by Crippen LogP contribution is 2.17. The molecule has 0 aliphatic rings. The average molecular weight is 268 g/mol. The highest BCUT2D eigenvalue weighted by Gasteiger charge is 2.12. The largest absolute Gasteiger partial charge is 0.331 e. The summed E-state index contributed by atoms with van der Waals surface area (Å²) in [4.78, 5) is 12.0. The summed E-state index contributed by atoms with van der Waals surface area (Å²) < 4.78 is 0. The van der Waals surface area contributed by atoms with Gasteiger partial charge in [-0.2, -0.15) is 0 Å². The zero-order chi connectivity index (χ0) is 14.4. The normalized spacial score (nSPS) is 11.7. The van der Waals surface area contributed by atoms with Crippen molar-refractivity contribution < 1.29 is 4.79 Å². The van der Waals surface area contributed by atoms with E-state index in [0.29, 0.717) is 0 Å². The topological polar surface area (TPSA) is 41.1 Å². The molecule has 1 atom stereocenters. The van der Waals surface area contributed by atoms with Crippen LogP contribution in [0.5, 0.6) is 0 Å². The molecular weight excluding hydrogens is 248 g/mol. The predicted molar refractivity (Wildman–Crippen MR) is 82.8 cm³/mol. The first-order chi connectivity index (χ1) is 9.69. The highest BCUT2D eigenvalue weighted by atomic mass is 16.2. The predicted octanol–water partition coefficient (Wildman–Crippen LogP) is 4.27. The van der Waals surface area contributed by atoms with Crippen molar-refractivity contribution in [3.05, 3.63) is 65.7 Å². The SMILES string of the molecule is CC[C@@H](NC(=O)Nc1ccccc1)c1ccc(C)cc1. The Hall–Kier alpha value is -2.29. The number of para-hydroxylation sites is 1. The number of carbonyl (C=O) groups is 1. The van der Waals surface area contributed by atoms with E-state index in [0.717, 1.165) is 17.7 Å². The maximum absolute atomic E-state index is 12.0. The van der Waals surface area contributed by atoms with E-state index in [4.69, 9.17) is 0 Å². The van der Waals surface area contributed by atoms with Gasteiger partial charge in [-0.15, -0.1) is 0 Å². The van der Waals surface area contributed by atoms with Crippen molar-refractivity contribution in [3.8, 4) is 0 Å². The summed E-state index contributed by atoms with van der Waals surface area (Å²) in [6.07, 6.45) is 0.852. The number of hydrogen-bond donors (Lipinski definition) is 2. The lowest BCUT2D eigenvalue weighted by molar-refractivity contribution is 0.248. The monoisotopic (exact) mass is 268 g/mol. The number of carbonyl (C=O) groups excluding carboxylic acids is 1. The second-order valence-electron chi connectivity index (χ2n) is 4.84. The van der Waals surface area contributed by atoms with E-state index in [1.165, 1.54) is 5.56 Å². The summed E-state index contributed by atoms with van der Waals surface area (Å²) in [5.41, 5.74) is 3.14. The van der Waals surface area contributed by atoms with E-state index in [2.05, 4.69) is 48.7 Å². The lowest BCUT2D eigenvalue weighted by Crippen LogP contribution is -2.32. The summed E-state index contributed by atoms with van der Waals surface area (Å²) >= 11 is 0. The molecule has 0 saturated heterocycles. The van der Waals surface area contributed by atoms with Gasteiger partial charge in [-0.3, -0.25) is 0 Å². The maximum Gasteiger partial charge on any atom is 0.319 e. The van der Waals surface area contributed by atoms with Crippen LogP contribution in [-0.2, 0) is 0 Å². The van der Waals surface area contributed by atoms with Crippen LogP contribution in [0.3, 0.4) is 0 Å². The molecule has 0 aliphatic carbocycles. The number of nitrogens with one attached hydrogen (secondary N) is 2. The van der Waals surface area contributed by atoms with Gasteiger partial charge < -0.3 is 10.6 Å². The standard InChI is InChI=1S/C17H20N2O/c1-3-16(14-11-9-13(2)10-12-14)19-17(20)18-15-7-5-4-6-8-15/h4-12,16H,3H2,1-2H3,(H2,18,19,20)/t16-/m1/s1. The van der Waals surface area contributed by atoms with Crippen LogP contribution in [0.15, 0.2) is 54.6 Å². The molecule has 0 radical (unpaired) electrons. The van der Waals surface area contributed by atoms with E-state index in [-0.39, 0.29) is 12.1 Å². The van der Waals surface area contributed by atoms with Gasteiger partial charge in [-0.25, -0.2) is 4.79 Å². The molecule has 3 nitrogen and oxygen atoms in total. The first-order valence-electron chi connectivity index (χ1n) is 6.88. The van der Waals surface area contributed by atoms with Crippen molar-refractivity contribution in [2.45, 2.75) is 26.3 Å². The Bertz CT molecular complexity index is 549. The second kappa shape index (κ2) is 6.75. The number of rotatable bonds is 4. The fourth-order valence-corrected chi connectivity index (χ4v) is 2.07. The summed E-state index contributed by atoms with van der Waals surface area (Å²) in [6.45, 7) is 4.12. The molecule has 0 spiro atoms. The highest BCUT2D eigenvalue weighted by molar-refractivity contribution is 5.89. The van der Waals surface area contributed by atoms with Crippen LogP contribution >= 0.6 is 0 Å². The molecule has 0 unspecified atom stereocenters. The van der Waals surface area contributed by atoms with Gasteiger partial charge in [0.2, 0.25) is 0 Å². The molecule has 104 valence electrons. The van der Waals surface area contributed by atoms with Crippen molar-refractivity contribution in [2.24, 2.45) is 0 Å². The summed E-state index contributed by atoms with van der Waals surface area (Å²) in [5, 5.41) is 5.84. The van der Waals surface area contributed by atoms with Crippen molar-refractivity contribution in [2.75, 3.05) is 5.32 Å². The molecule has 0 heterocycles. The van der Waals surface area contributed by atoms with E-state index >= 15 is 0 Å². The molecule has 20 heavy (non-hydrogen) atoms. The molecule has 2 rings (SSSR count). The Morgan fingerprint density at radius 3 is 2.30 bits per heavy atom. The molecule has 2 aromatic carbocycles. The molecule has 3 heteroatoms. The summed E-state index contributed by atoms with van der Waals surface area (Å²) in [7, 11) is 0. The number of amides is 2. The van der Waals surface area contributed by atoms with E-state index in [1.54, 1.807) is 0 Å². The fraction of sp³-hybridized carbons (Fsp3) is 0.235. The van der Waals surface area contributed by atoms with Crippen LogP contribution in [-0.4, -0.2) is 6.03 Å². The fourth-order valence-electron chi connectivity index (χ4n) is 2.07. The van der Waals surface area contributed by atoms with Crippen LogP contribution in [0.2, 0.25) is 0 Å². The van der Waals surface area contributed by atoms with Gasteiger partial charge in [-0.1, -0.05) is 55.0 Å². The second-order valence-corrected chi connectivity index (χ2v) is 4.84. The molecule has 0 fully saturated rings. The first kappa shape index (κ1) is 14.1. The van der Waals surface area contributed by atoms with Crippen molar-refractivity contribution in [1.29, 1.82) is 0 Å². The van der Waals surface area contributed by atoms with Gasteiger partial charge in [0, 0.05) is 5.69 Å². The average Bonchev–Trinajstić information content (AvgIpc) is 2.47. The number of hydrogen-bond acceptors (Lipinski definition) is 1. The quantitative estimate of drug-likeness (QED) is 0.854. The Balaban J connectivity index is 1.99. The molecule has 0 saturated carbocycles. The van der Waals surface area contributed by atoms with Gasteiger partial charge >= 0.3 is 6.03 Å². The Morgan fingerprint density at radius 1 is 1.05 bits per heavy atom. The lowest BCUT2D eigenvalue weighted by atomic mass is 10.0. The smallest absolute Gasteiger partial charge is 0.319 e. The van der Waals surface area contributed by atoms with Gasteiger partial charge in [0.1, 0.15) is 0 Å². The van der Waals surface area contributed by atoms with Crippen molar-refractivity contribution >= 4 is 11.7 Å². The van der Waals surface area contributed by atoms with Gasteiger partial charge in [0.05, 0.1) is 6.04 Å². The molecule has 0 bridgehead atoms. The Labute approximate surface area is 120 Å². The number of benzene rings is 2. The van der Waals surface area contributed by atoms with Crippen LogP contribution in [0, 0.1) is 6.92 Å². The minimum absolute atomic E-state index is 0.0271. The zero-order valence-electron chi connectivity index (χ0n) is 11.9. The Kier molecular flexibility index (Phi) is 4.77. The van der Waals surface area contributed by atoms with Crippen LogP contribution in [0.4, 0.5) is 10.5 Å². The van der Waals surface area contributed by atoms with Crippen LogP contribution in [0.1, 0.15) is 30.5 Å². The minimum atomic E-state index is -0.177. The maximum atomic E-state index is 12.0. The third-order valence-electron chi connectivity index (χ3n) is 3.22. The van der Waals surface area contributed by atoms with Gasteiger partial charge in [0.15, 0.2) is 0 Å². The van der Waals surface area contributed by atoms with E-state index < -0.39 is 0 Å². The van der Waals surface area contributed by atoms with Gasteiger partial charge in [-0.05, 0) is 31.0 Å². The van der Waals surface area contributed by atoms with Crippen LogP contribution < -0.4 is 10.6 Å². The molecule has 2 amide bonds. The third kappa shape index (κ3) is 3.85. The Morgan fingerprint density at radius 2 is 1.70 bits per heavy atom. The molecule has 2 aromatic rings. The summed E-state index contributed by atoms with van der Waals surface area (Å²) in [6, 6.07) is 17.5. The number of aryl methyl sites for hydroxylation is 1.